The highest BCUT2D eigenvalue weighted by atomic mass is 79.9. The molecule has 0 aliphatic carbocycles. The largest absolute Gasteiger partial charge is 0.493 e. The highest BCUT2D eigenvalue weighted by Gasteiger charge is 2.12. The smallest absolute Gasteiger partial charge is 0.332 e. The molecule has 0 spiro atoms. The molecule has 0 saturated carbocycles. The van der Waals surface area contributed by atoms with Gasteiger partial charge in [0, 0.05) is 10.6 Å². The van der Waals surface area contributed by atoms with Crippen LogP contribution in [0.5, 0.6) is 11.5 Å². The molecule has 6 nitrogen and oxygen atoms in total. The Morgan fingerprint density at radius 2 is 2.17 bits per heavy atom. The van der Waals surface area contributed by atoms with Gasteiger partial charge in [0.05, 0.1) is 17.8 Å². The fraction of sp³-hybridized carbons (Fsp3) is 0.125. The first-order valence-corrected chi connectivity index (χ1v) is 8.00. The predicted molar refractivity (Wildman–Crippen MR) is 96.8 cm³/mol. The summed E-state index contributed by atoms with van der Waals surface area (Å²) in [6.45, 7) is 0.297. The summed E-state index contributed by atoms with van der Waals surface area (Å²) >= 11 is 9.57. The van der Waals surface area contributed by atoms with Crippen LogP contribution in [0.15, 0.2) is 46.0 Å². The summed E-state index contributed by atoms with van der Waals surface area (Å²) in [6.07, 6.45) is 1.44. The zero-order valence-corrected chi connectivity index (χ0v) is 15.1. The van der Waals surface area contributed by atoms with Crippen LogP contribution in [-0.4, -0.2) is 19.4 Å². The van der Waals surface area contributed by atoms with Crippen molar-refractivity contribution in [1.29, 1.82) is 0 Å². The number of carbonyl (C=O) groups is 1. The summed E-state index contributed by atoms with van der Waals surface area (Å²) in [6, 6.07) is 10.2. The Bertz CT molecular complexity index is 768. The van der Waals surface area contributed by atoms with Crippen LogP contribution in [0.2, 0.25) is 5.02 Å². The van der Waals surface area contributed by atoms with Crippen LogP contribution in [0, 0.1) is 0 Å². The van der Waals surface area contributed by atoms with E-state index in [0.29, 0.717) is 33.2 Å². The molecule has 0 radical (unpaired) electrons. The molecule has 24 heavy (non-hydrogen) atoms. The SMILES string of the molecule is COc1cc(/C=N\NC(N)=O)cc(Br)c1OCc1ccccc1Cl. The molecule has 0 saturated heterocycles. The number of hydrogen-bond acceptors (Lipinski definition) is 4. The van der Waals surface area contributed by atoms with Crippen LogP contribution in [0.3, 0.4) is 0 Å². The van der Waals surface area contributed by atoms with E-state index in [1.165, 1.54) is 13.3 Å². The lowest BCUT2D eigenvalue weighted by atomic mass is 10.2. The molecule has 126 valence electrons. The Hall–Kier alpha value is -2.25. The van der Waals surface area contributed by atoms with Crippen LogP contribution in [0.25, 0.3) is 0 Å². The molecular weight excluding hydrogens is 398 g/mol. The molecule has 0 aliphatic heterocycles. The van der Waals surface area contributed by atoms with Crippen molar-refractivity contribution in [3.63, 3.8) is 0 Å². The minimum absolute atomic E-state index is 0.297. The molecule has 2 rings (SSSR count). The van der Waals surface area contributed by atoms with Crippen molar-refractivity contribution in [3.8, 4) is 11.5 Å². The van der Waals surface area contributed by atoms with Crippen molar-refractivity contribution >= 4 is 39.8 Å². The average Bonchev–Trinajstić information content (AvgIpc) is 2.54. The van der Waals surface area contributed by atoms with Gasteiger partial charge >= 0.3 is 6.03 Å². The molecular formula is C16H15BrClN3O3. The normalized spacial score (nSPS) is 10.6. The van der Waals surface area contributed by atoms with Gasteiger partial charge in [-0.15, -0.1) is 0 Å². The number of halogens is 2. The van der Waals surface area contributed by atoms with Crippen molar-refractivity contribution < 1.29 is 14.3 Å². The summed E-state index contributed by atoms with van der Waals surface area (Å²) in [4.78, 5) is 10.6. The molecule has 0 fully saturated rings. The lowest BCUT2D eigenvalue weighted by Gasteiger charge is -2.14. The van der Waals surface area contributed by atoms with E-state index in [0.717, 1.165) is 5.56 Å². The molecule has 0 atom stereocenters. The van der Waals surface area contributed by atoms with Gasteiger partial charge in [-0.2, -0.15) is 5.10 Å². The maximum atomic E-state index is 10.6. The lowest BCUT2D eigenvalue weighted by Crippen LogP contribution is -2.24. The third-order valence-corrected chi connectivity index (χ3v) is 3.93. The Morgan fingerprint density at radius 1 is 1.42 bits per heavy atom. The number of methoxy groups -OCH3 is 1. The van der Waals surface area contributed by atoms with Crippen molar-refractivity contribution in [2.24, 2.45) is 10.8 Å². The summed E-state index contributed by atoms with van der Waals surface area (Å²) < 4.78 is 11.9. The van der Waals surface area contributed by atoms with Gasteiger partial charge in [-0.1, -0.05) is 29.8 Å². The second-order valence-corrected chi connectivity index (χ2v) is 5.91. The minimum Gasteiger partial charge on any atom is -0.493 e. The van der Waals surface area contributed by atoms with Gasteiger partial charge in [0.1, 0.15) is 6.61 Å². The number of carbonyl (C=O) groups excluding carboxylic acids is 1. The van der Waals surface area contributed by atoms with Gasteiger partial charge in [0.2, 0.25) is 0 Å². The van der Waals surface area contributed by atoms with E-state index in [1.54, 1.807) is 18.2 Å². The highest BCUT2D eigenvalue weighted by molar-refractivity contribution is 9.10. The summed E-state index contributed by atoms with van der Waals surface area (Å²) in [5, 5.41) is 4.34. The first-order chi connectivity index (χ1) is 11.5. The third-order valence-electron chi connectivity index (χ3n) is 2.97. The number of nitrogens with two attached hydrogens (primary N) is 1. The molecule has 2 aromatic rings. The molecule has 0 bridgehead atoms. The van der Waals surface area contributed by atoms with Gasteiger partial charge in [0.15, 0.2) is 11.5 Å². The lowest BCUT2D eigenvalue weighted by molar-refractivity contribution is 0.249. The minimum atomic E-state index is -0.739. The molecule has 3 N–H and O–H groups in total. The standard InChI is InChI=1S/C16H15BrClN3O3/c1-23-14-7-10(8-20-21-16(19)22)6-12(17)15(14)24-9-11-4-2-3-5-13(11)18/h2-8H,9H2,1H3,(H3,19,21,22)/b20-8-. The second kappa shape index (κ2) is 8.56. The van der Waals surface area contributed by atoms with Gasteiger partial charge in [-0.05, 0) is 39.7 Å². The van der Waals surface area contributed by atoms with Gasteiger partial charge in [0.25, 0.3) is 0 Å². The number of amides is 2. The Morgan fingerprint density at radius 3 is 2.83 bits per heavy atom. The zero-order valence-electron chi connectivity index (χ0n) is 12.8. The molecule has 0 aromatic heterocycles. The predicted octanol–water partition coefficient (Wildman–Crippen LogP) is 3.69. The number of nitrogens with one attached hydrogen (secondary N) is 1. The van der Waals surface area contributed by atoms with Crippen molar-refractivity contribution in [2.75, 3.05) is 7.11 Å². The molecule has 8 heteroatoms. The van der Waals surface area contributed by atoms with Crippen molar-refractivity contribution in [3.05, 3.63) is 57.0 Å². The Kier molecular flexibility index (Phi) is 6.45. The number of urea groups is 1. The number of primary amides is 1. The van der Waals surface area contributed by atoms with Gasteiger partial charge < -0.3 is 15.2 Å². The third kappa shape index (κ3) is 4.87. The number of benzene rings is 2. The van der Waals surface area contributed by atoms with Crippen LogP contribution in [0.4, 0.5) is 4.79 Å². The number of nitrogens with zero attached hydrogens (tertiary/aromatic N) is 1. The van der Waals surface area contributed by atoms with E-state index < -0.39 is 6.03 Å². The van der Waals surface area contributed by atoms with Crippen LogP contribution < -0.4 is 20.6 Å². The number of hydrogen-bond donors (Lipinski definition) is 2. The first kappa shape index (κ1) is 18.1. The van der Waals surface area contributed by atoms with E-state index in [9.17, 15) is 4.79 Å². The molecule has 0 aliphatic rings. The number of ether oxygens (including phenoxy) is 2. The van der Waals surface area contributed by atoms with E-state index in [-0.39, 0.29) is 0 Å². The fourth-order valence-electron chi connectivity index (χ4n) is 1.89. The molecule has 2 amide bonds. The average molecular weight is 413 g/mol. The monoisotopic (exact) mass is 411 g/mol. The summed E-state index contributed by atoms with van der Waals surface area (Å²) in [5.41, 5.74) is 8.63. The quantitative estimate of drug-likeness (QED) is 0.560. The molecule has 2 aromatic carbocycles. The maximum absolute atomic E-state index is 10.6. The van der Waals surface area contributed by atoms with Crippen LogP contribution in [-0.2, 0) is 6.61 Å². The van der Waals surface area contributed by atoms with E-state index in [2.05, 4.69) is 26.5 Å². The zero-order chi connectivity index (χ0) is 17.5. The topological polar surface area (TPSA) is 85.9 Å². The summed E-state index contributed by atoms with van der Waals surface area (Å²) in [5.74, 6) is 1.05. The van der Waals surface area contributed by atoms with Gasteiger partial charge in [-0.25, -0.2) is 10.2 Å². The fourth-order valence-corrected chi connectivity index (χ4v) is 2.65. The molecule has 0 heterocycles. The van der Waals surface area contributed by atoms with Gasteiger partial charge in [-0.3, -0.25) is 0 Å². The molecule has 0 unspecified atom stereocenters. The first-order valence-electron chi connectivity index (χ1n) is 6.83. The number of hydrazone groups is 1. The van der Waals surface area contributed by atoms with E-state index in [4.69, 9.17) is 26.8 Å². The number of rotatable bonds is 6. The Balaban J connectivity index is 2.19. The van der Waals surface area contributed by atoms with Crippen molar-refractivity contribution in [2.45, 2.75) is 6.61 Å². The van der Waals surface area contributed by atoms with Crippen LogP contribution >= 0.6 is 27.5 Å². The van der Waals surface area contributed by atoms with Crippen molar-refractivity contribution in [1.82, 2.24) is 5.43 Å². The van der Waals surface area contributed by atoms with Crippen LogP contribution in [0.1, 0.15) is 11.1 Å². The Labute approximate surface area is 152 Å². The second-order valence-electron chi connectivity index (χ2n) is 4.65. The highest BCUT2D eigenvalue weighted by Crippen LogP contribution is 2.37. The van der Waals surface area contributed by atoms with E-state index >= 15 is 0 Å². The summed E-state index contributed by atoms with van der Waals surface area (Å²) in [7, 11) is 1.53. The maximum Gasteiger partial charge on any atom is 0.332 e. The van der Waals surface area contributed by atoms with E-state index in [1.807, 2.05) is 18.2 Å².